The molecule has 0 radical (unpaired) electrons. The van der Waals surface area contributed by atoms with Gasteiger partial charge < -0.3 is 19.8 Å². The highest BCUT2D eigenvalue weighted by molar-refractivity contribution is 14.0. The van der Waals surface area contributed by atoms with Crippen LogP contribution in [0.3, 0.4) is 0 Å². The SMILES string of the molecule is CC(C)Oc1ccc(NC(=NCCN2CCS(=O)(=O)CC2)NCCc2ccco2)cc1.I. The number of hydrogen-bond donors (Lipinski definition) is 2. The van der Waals surface area contributed by atoms with Gasteiger partial charge in [0.25, 0.3) is 0 Å². The first-order valence-corrected chi connectivity index (χ1v) is 12.5. The molecule has 178 valence electrons. The third-order valence-electron chi connectivity index (χ3n) is 4.86. The fourth-order valence-corrected chi connectivity index (χ4v) is 4.48. The van der Waals surface area contributed by atoms with Crippen LogP contribution in [0.15, 0.2) is 52.1 Å². The fraction of sp³-hybridized carbons (Fsp3) is 0.500. The zero-order valence-electron chi connectivity index (χ0n) is 18.6. The number of aliphatic imine (C=N–C) groups is 1. The van der Waals surface area contributed by atoms with E-state index >= 15 is 0 Å². The number of ether oxygens (including phenoxy) is 1. The average Bonchev–Trinajstić information content (AvgIpc) is 3.24. The summed E-state index contributed by atoms with van der Waals surface area (Å²) in [6.45, 7) is 7.12. The van der Waals surface area contributed by atoms with Gasteiger partial charge in [-0.15, -0.1) is 24.0 Å². The van der Waals surface area contributed by atoms with E-state index in [9.17, 15) is 8.42 Å². The van der Waals surface area contributed by atoms with Crippen molar-refractivity contribution in [3.8, 4) is 5.75 Å². The first-order chi connectivity index (χ1) is 14.9. The Hall–Kier alpha value is -1.79. The van der Waals surface area contributed by atoms with Crippen LogP contribution in [0, 0.1) is 0 Å². The first-order valence-electron chi connectivity index (χ1n) is 10.7. The molecule has 2 heterocycles. The molecule has 0 amide bonds. The summed E-state index contributed by atoms with van der Waals surface area (Å²) in [5.41, 5.74) is 0.907. The Morgan fingerprint density at radius 2 is 1.91 bits per heavy atom. The number of hydrogen-bond acceptors (Lipinski definition) is 6. The average molecular weight is 577 g/mol. The van der Waals surface area contributed by atoms with Crippen LogP contribution in [0.2, 0.25) is 0 Å². The van der Waals surface area contributed by atoms with Crippen molar-refractivity contribution in [2.24, 2.45) is 4.99 Å². The number of furan rings is 1. The van der Waals surface area contributed by atoms with Crippen LogP contribution in [0.4, 0.5) is 5.69 Å². The molecule has 32 heavy (non-hydrogen) atoms. The third kappa shape index (κ3) is 9.37. The van der Waals surface area contributed by atoms with Gasteiger partial charge in [0.1, 0.15) is 11.5 Å². The predicted octanol–water partition coefficient (Wildman–Crippen LogP) is 3.02. The Kier molecular flexibility index (Phi) is 10.8. The molecule has 8 nitrogen and oxygen atoms in total. The van der Waals surface area contributed by atoms with E-state index in [-0.39, 0.29) is 41.6 Å². The molecule has 1 aromatic carbocycles. The Morgan fingerprint density at radius 3 is 2.53 bits per heavy atom. The van der Waals surface area contributed by atoms with Crippen molar-refractivity contribution in [1.29, 1.82) is 0 Å². The lowest BCUT2D eigenvalue weighted by Crippen LogP contribution is -2.41. The number of guanidine groups is 1. The molecule has 0 unspecified atom stereocenters. The van der Waals surface area contributed by atoms with Crippen LogP contribution < -0.4 is 15.4 Å². The molecule has 1 aromatic heterocycles. The van der Waals surface area contributed by atoms with Crippen LogP contribution in [0.1, 0.15) is 19.6 Å². The summed E-state index contributed by atoms with van der Waals surface area (Å²) in [7, 11) is -2.86. The van der Waals surface area contributed by atoms with Crippen molar-refractivity contribution in [2.75, 3.05) is 49.5 Å². The molecule has 1 aliphatic heterocycles. The van der Waals surface area contributed by atoms with Gasteiger partial charge >= 0.3 is 0 Å². The quantitative estimate of drug-likeness (QED) is 0.269. The van der Waals surface area contributed by atoms with Crippen molar-refractivity contribution in [3.63, 3.8) is 0 Å². The molecule has 1 aliphatic rings. The summed E-state index contributed by atoms with van der Waals surface area (Å²) < 4.78 is 34.3. The maximum absolute atomic E-state index is 11.6. The second-order valence-electron chi connectivity index (χ2n) is 7.80. The van der Waals surface area contributed by atoms with E-state index in [0.29, 0.717) is 32.1 Å². The number of nitrogens with zero attached hydrogens (tertiary/aromatic N) is 2. The maximum Gasteiger partial charge on any atom is 0.195 e. The molecular weight excluding hydrogens is 543 g/mol. The van der Waals surface area contributed by atoms with Crippen LogP contribution in [-0.4, -0.2) is 69.6 Å². The van der Waals surface area contributed by atoms with E-state index in [2.05, 4.69) is 20.5 Å². The van der Waals surface area contributed by atoms with Crippen molar-refractivity contribution >= 4 is 45.5 Å². The normalized spacial score (nSPS) is 16.4. The van der Waals surface area contributed by atoms with E-state index in [1.807, 2.05) is 50.2 Å². The molecule has 3 rings (SSSR count). The Morgan fingerprint density at radius 1 is 1.19 bits per heavy atom. The van der Waals surface area contributed by atoms with Crippen molar-refractivity contribution in [1.82, 2.24) is 10.2 Å². The van der Waals surface area contributed by atoms with Gasteiger partial charge in [-0.2, -0.15) is 0 Å². The minimum Gasteiger partial charge on any atom is -0.491 e. The van der Waals surface area contributed by atoms with E-state index in [1.165, 1.54) is 0 Å². The molecule has 2 aromatic rings. The number of benzene rings is 1. The van der Waals surface area contributed by atoms with Crippen molar-refractivity contribution in [3.05, 3.63) is 48.4 Å². The van der Waals surface area contributed by atoms with Gasteiger partial charge in [0, 0.05) is 38.3 Å². The lowest BCUT2D eigenvalue weighted by Gasteiger charge is -2.25. The van der Waals surface area contributed by atoms with Gasteiger partial charge in [0.15, 0.2) is 15.8 Å². The topological polar surface area (TPSA) is 96.2 Å². The second-order valence-corrected chi connectivity index (χ2v) is 10.1. The third-order valence-corrected chi connectivity index (χ3v) is 6.47. The molecule has 0 atom stereocenters. The molecule has 0 aliphatic carbocycles. The summed E-state index contributed by atoms with van der Waals surface area (Å²) in [6, 6.07) is 11.6. The number of sulfone groups is 1. The van der Waals surface area contributed by atoms with E-state index in [1.54, 1.807) is 6.26 Å². The Labute approximate surface area is 207 Å². The van der Waals surface area contributed by atoms with Crippen LogP contribution in [-0.2, 0) is 16.3 Å². The van der Waals surface area contributed by atoms with Crippen LogP contribution in [0.5, 0.6) is 5.75 Å². The maximum atomic E-state index is 11.6. The first kappa shape index (κ1) is 26.5. The lowest BCUT2D eigenvalue weighted by molar-refractivity contribution is 0.242. The summed E-state index contributed by atoms with van der Waals surface area (Å²) in [5.74, 6) is 2.87. The van der Waals surface area contributed by atoms with Gasteiger partial charge in [-0.25, -0.2) is 8.42 Å². The highest BCUT2D eigenvalue weighted by Gasteiger charge is 2.20. The molecule has 10 heteroatoms. The zero-order valence-corrected chi connectivity index (χ0v) is 21.8. The summed E-state index contributed by atoms with van der Waals surface area (Å²) >= 11 is 0. The van der Waals surface area contributed by atoms with Crippen molar-refractivity contribution < 1.29 is 17.6 Å². The molecule has 0 bridgehead atoms. The molecular formula is C22H33IN4O4S. The summed E-state index contributed by atoms with van der Waals surface area (Å²) in [4.78, 5) is 6.82. The summed E-state index contributed by atoms with van der Waals surface area (Å²) in [6.07, 6.45) is 2.55. The number of anilines is 1. The smallest absolute Gasteiger partial charge is 0.195 e. The Balaban J connectivity index is 0.00000363. The minimum atomic E-state index is -2.86. The van der Waals surface area contributed by atoms with Crippen LogP contribution in [0.25, 0.3) is 0 Å². The van der Waals surface area contributed by atoms with Crippen molar-refractivity contribution in [2.45, 2.75) is 26.4 Å². The number of rotatable bonds is 9. The monoisotopic (exact) mass is 576 g/mol. The van der Waals surface area contributed by atoms with Gasteiger partial charge in [-0.3, -0.25) is 9.89 Å². The van der Waals surface area contributed by atoms with Crippen LogP contribution >= 0.6 is 24.0 Å². The highest BCUT2D eigenvalue weighted by Crippen LogP contribution is 2.17. The lowest BCUT2D eigenvalue weighted by atomic mass is 10.3. The molecule has 1 saturated heterocycles. The van der Waals surface area contributed by atoms with E-state index in [4.69, 9.17) is 9.15 Å². The molecule has 1 fully saturated rings. The standard InChI is InChI=1S/C22H32N4O4S.HI/c1-18(2)30-21-7-5-19(6-8-21)25-22(23-10-9-20-4-3-15-29-20)24-11-12-26-13-16-31(27,28)17-14-26;/h3-8,15,18H,9-14,16-17H2,1-2H3,(H2,23,24,25);1H. The Bertz CT molecular complexity index is 917. The second kappa shape index (κ2) is 13.0. The minimum absolute atomic E-state index is 0. The van der Waals surface area contributed by atoms with Gasteiger partial charge in [-0.05, 0) is 50.2 Å². The molecule has 2 N–H and O–H groups in total. The van der Waals surface area contributed by atoms with Gasteiger partial charge in [0.2, 0.25) is 0 Å². The van der Waals surface area contributed by atoms with Gasteiger partial charge in [0.05, 0.1) is 30.4 Å². The van der Waals surface area contributed by atoms with E-state index < -0.39 is 9.84 Å². The number of halogens is 1. The fourth-order valence-electron chi connectivity index (χ4n) is 3.20. The molecule has 0 spiro atoms. The predicted molar refractivity (Wildman–Crippen MR) is 139 cm³/mol. The van der Waals surface area contributed by atoms with Gasteiger partial charge in [-0.1, -0.05) is 0 Å². The number of nitrogens with one attached hydrogen (secondary N) is 2. The largest absolute Gasteiger partial charge is 0.491 e. The highest BCUT2D eigenvalue weighted by atomic mass is 127. The summed E-state index contributed by atoms with van der Waals surface area (Å²) in [5, 5.41) is 6.67. The van der Waals surface area contributed by atoms with E-state index in [0.717, 1.165) is 30.2 Å². The zero-order chi connectivity index (χ0) is 22.1. The molecule has 0 saturated carbocycles.